The molecule has 1 aromatic heterocycles. The van der Waals surface area contributed by atoms with Crippen LogP contribution in [0.1, 0.15) is 0 Å². The molecule has 0 aliphatic heterocycles. The van der Waals surface area contributed by atoms with Crippen LogP contribution in [0.2, 0.25) is 0 Å². The average molecular weight is 286 g/mol. The Hall–Kier alpha value is -2.69. The van der Waals surface area contributed by atoms with Crippen molar-refractivity contribution < 1.29 is 13.2 Å². The van der Waals surface area contributed by atoms with Crippen LogP contribution in [0.5, 0.6) is 0 Å². The molecule has 104 valence electrons. The van der Waals surface area contributed by atoms with Gasteiger partial charge >= 0.3 is 0 Å². The normalized spacial score (nSPS) is 10.6. The second kappa shape index (κ2) is 5.36. The van der Waals surface area contributed by atoms with Crippen molar-refractivity contribution in [1.82, 2.24) is 9.97 Å². The Balaban J connectivity index is 2.01. The van der Waals surface area contributed by atoms with Crippen LogP contribution in [0.15, 0.2) is 54.9 Å². The Morgan fingerprint density at radius 2 is 1.33 bits per heavy atom. The summed E-state index contributed by atoms with van der Waals surface area (Å²) >= 11 is 0. The molecule has 3 aromatic rings. The van der Waals surface area contributed by atoms with Gasteiger partial charge in [-0.1, -0.05) is 30.3 Å². The molecule has 0 fully saturated rings. The summed E-state index contributed by atoms with van der Waals surface area (Å²) in [4.78, 5) is 8.03. The first-order chi connectivity index (χ1) is 10.2. The lowest BCUT2D eigenvalue weighted by atomic mass is 10.1. The van der Waals surface area contributed by atoms with E-state index in [2.05, 4.69) is 9.97 Å². The smallest absolute Gasteiger partial charge is 0.195 e. The van der Waals surface area contributed by atoms with Crippen LogP contribution >= 0.6 is 0 Å². The van der Waals surface area contributed by atoms with E-state index in [1.165, 1.54) is 12.4 Å². The van der Waals surface area contributed by atoms with Gasteiger partial charge in [-0.15, -0.1) is 0 Å². The number of hydrogen-bond acceptors (Lipinski definition) is 2. The summed E-state index contributed by atoms with van der Waals surface area (Å²) < 4.78 is 39.8. The summed E-state index contributed by atoms with van der Waals surface area (Å²) in [5.74, 6) is -4.05. The first-order valence-corrected chi connectivity index (χ1v) is 6.18. The molecule has 1 heterocycles. The largest absolute Gasteiger partial charge is 0.236 e. The maximum absolute atomic E-state index is 13.7. The predicted octanol–water partition coefficient (Wildman–Crippen LogP) is 4.23. The highest BCUT2D eigenvalue weighted by Gasteiger charge is 2.16. The summed E-state index contributed by atoms with van der Waals surface area (Å²) in [7, 11) is 0. The van der Waals surface area contributed by atoms with Crippen LogP contribution in [-0.4, -0.2) is 9.97 Å². The van der Waals surface area contributed by atoms with Gasteiger partial charge in [-0.05, 0) is 17.7 Å². The van der Waals surface area contributed by atoms with E-state index in [9.17, 15) is 13.2 Å². The Morgan fingerprint density at radius 3 is 2.00 bits per heavy atom. The van der Waals surface area contributed by atoms with Gasteiger partial charge in [0.25, 0.3) is 0 Å². The van der Waals surface area contributed by atoms with E-state index in [1.807, 2.05) is 30.3 Å². The van der Waals surface area contributed by atoms with Gasteiger partial charge in [-0.3, -0.25) is 0 Å². The van der Waals surface area contributed by atoms with Gasteiger partial charge in [0.05, 0.1) is 5.56 Å². The lowest BCUT2D eigenvalue weighted by molar-refractivity contribution is 0.448. The minimum absolute atomic E-state index is 0.00563. The molecule has 0 spiro atoms. The third-order valence-corrected chi connectivity index (χ3v) is 3.04. The van der Waals surface area contributed by atoms with Crippen molar-refractivity contribution in [2.24, 2.45) is 0 Å². The lowest BCUT2D eigenvalue weighted by Gasteiger charge is -2.05. The summed E-state index contributed by atoms with van der Waals surface area (Å²) in [5.41, 5.74) is 1.49. The molecule has 0 N–H and O–H groups in total. The molecule has 0 unspecified atom stereocenters. The van der Waals surface area contributed by atoms with Crippen LogP contribution in [0.25, 0.3) is 22.5 Å². The summed E-state index contributed by atoms with van der Waals surface area (Å²) in [6.07, 6.45) is 3.02. The molecular weight excluding hydrogens is 277 g/mol. The van der Waals surface area contributed by atoms with Crippen LogP contribution < -0.4 is 0 Å². The third-order valence-electron chi connectivity index (χ3n) is 3.04. The fraction of sp³-hybridized carbons (Fsp3) is 0. The molecule has 0 atom stereocenters. The quantitative estimate of drug-likeness (QED) is 0.659. The molecule has 0 amide bonds. The Labute approximate surface area is 118 Å². The molecule has 0 aliphatic rings. The van der Waals surface area contributed by atoms with E-state index < -0.39 is 17.5 Å². The van der Waals surface area contributed by atoms with Crippen molar-refractivity contribution >= 4 is 0 Å². The molecule has 0 bridgehead atoms. The fourth-order valence-corrected chi connectivity index (χ4v) is 1.95. The molecule has 21 heavy (non-hydrogen) atoms. The van der Waals surface area contributed by atoms with Crippen LogP contribution in [0, 0.1) is 17.5 Å². The molecule has 2 nitrogen and oxygen atoms in total. The Kier molecular flexibility index (Phi) is 3.39. The minimum Gasteiger partial charge on any atom is -0.236 e. The average Bonchev–Trinajstić information content (AvgIpc) is 2.54. The predicted molar refractivity (Wildman–Crippen MR) is 72.8 cm³/mol. The number of benzene rings is 2. The monoisotopic (exact) mass is 286 g/mol. The highest BCUT2D eigenvalue weighted by molar-refractivity contribution is 5.63. The highest BCUT2D eigenvalue weighted by atomic mass is 19.2. The number of nitrogens with zero attached hydrogens (tertiary/aromatic N) is 2. The molecular formula is C16H9F3N2. The Bertz CT molecular complexity index is 772. The SMILES string of the molecule is Fc1ccc(-c2ncc(-c3ccccc3)cn2)c(F)c1F. The third kappa shape index (κ3) is 2.50. The molecule has 3 rings (SSSR count). The maximum Gasteiger partial charge on any atom is 0.195 e. The van der Waals surface area contributed by atoms with Gasteiger partial charge in [0, 0.05) is 18.0 Å². The van der Waals surface area contributed by atoms with Gasteiger partial charge in [-0.25, -0.2) is 23.1 Å². The van der Waals surface area contributed by atoms with Crippen molar-refractivity contribution in [1.29, 1.82) is 0 Å². The highest BCUT2D eigenvalue weighted by Crippen LogP contribution is 2.24. The van der Waals surface area contributed by atoms with Crippen molar-refractivity contribution in [2.75, 3.05) is 0 Å². The lowest BCUT2D eigenvalue weighted by Crippen LogP contribution is -1.97. The zero-order valence-corrected chi connectivity index (χ0v) is 10.7. The molecule has 0 radical (unpaired) electrons. The topological polar surface area (TPSA) is 25.8 Å². The summed E-state index contributed by atoms with van der Waals surface area (Å²) in [5, 5.41) is 0. The van der Waals surface area contributed by atoms with Gasteiger partial charge in [0.2, 0.25) is 0 Å². The van der Waals surface area contributed by atoms with Crippen molar-refractivity contribution in [3.63, 3.8) is 0 Å². The molecule has 0 saturated heterocycles. The maximum atomic E-state index is 13.7. The molecule has 0 saturated carbocycles. The van der Waals surface area contributed by atoms with Crippen LogP contribution in [0.4, 0.5) is 13.2 Å². The molecule has 5 heteroatoms. The van der Waals surface area contributed by atoms with Crippen molar-refractivity contribution in [2.45, 2.75) is 0 Å². The Morgan fingerprint density at radius 1 is 0.667 bits per heavy atom. The van der Waals surface area contributed by atoms with Gasteiger partial charge in [0.1, 0.15) is 0 Å². The van der Waals surface area contributed by atoms with Crippen molar-refractivity contribution in [3.05, 3.63) is 72.3 Å². The number of rotatable bonds is 2. The number of halogens is 3. The fourth-order valence-electron chi connectivity index (χ4n) is 1.95. The standard InChI is InChI=1S/C16H9F3N2/c17-13-7-6-12(14(18)15(13)19)16-20-8-11(9-21-16)10-4-2-1-3-5-10/h1-9H. The van der Waals surface area contributed by atoms with E-state index in [4.69, 9.17) is 0 Å². The van der Waals surface area contributed by atoms with Gasteiger partial charge < -0.3 is 0 Å². The van der Waals surface area contributed by atoms with Gasteiger partial charge in [0.15, 0.2) is 23.3 Å². The van der Waals surface area contributed by atoms with E-state index in [0.717, 1.165) is 23.3 Å². The number of hydrogen-bond donors (Lipinski definition) is 0. The molecule has 0 aliphatic carbocycles. The zero-order valence-electron chi connectivity index (χ0n) is 10.7. The van der Waals surface area contributed by atoms with Crippen LogP contribution in [0.3, 0.4) is 0 Å². The van der Waals surface area contributed by atoms with Crippen molar-refractivity contribution in [3.8, 4) is 22.5 Å². The van der Waals surface area contributed by atoms with E-state index in [0.29, 0.717) is 0 Å². The first kappa shape index (κ1) is 13.3. The van der Waals surface area contributed by atoms with E-state index in [1.54, 1.807) is 0 Å². The number of aromatic nitrogens is 2. The molecule has 2 aromatic carbocycles. The minimum atomic E-state index is -1.52. The van der Waals surface area contributed by atoms with Crippen LogP contribution in [-0.2, 0) is 0 Å². The van der Waals surface area contributed by atoms with E-state index in [-0.39, 0.29) is 11.4 Å². The summed E-state index contributed by atoms with van der Waals surface area (Å²) in [6, 6.07) is 11.4. The van der Waals surface area contributed by atoms with Gasteiger partial charge in [-0.2, -0.15) is 0 Å². The van der Waals surface area contributed by atoms with E-state index >= 15 is 0 Å². The second-order valence-electron chi connectivity index (χ2n) is 4.38. The second-order valence-corrected chi connectivity index (χ2v) is 4.38. The summed E-state index contributed by atoms with van der Waals surface area (Å²) in [6.45, 7) is 0. The zero-order chi connectivity index (χ0) is 14.8. The first-order valence-electron chi connectivity index (χ1n) is 6.18.